The summed E-state index contributed by atoms with van der Waals surface area (Å²) in [5.74, 6) is 0.236. The predicted molar refractivity (Wildman–Crippen MR) is 128 cm³/mol. The number of hydrogen-bond acceptors (Lipinski definition) is 4. The quantitative estimate of drug-likeness (QED) is 0.655. The Morgan fingerprint density at radius 3 is 2.59 bits per heavy atom. The first kappa shape index (κ1) is 22.1. The molecule has 32 heavy (non-hydrogen) atoms. The zero-order valence-electron chi connectivity index (χ0n) is 19.5. The number of ketones is 1. The molecule has 5 nitrogen and oxygen atoms in total. The first-order chi connectivity index (χ1) is 15.2. The van der Waals surface area contributed by atoms with Crippen molar-refractivity contribution in [2.24, 2.45) is 11.3 Å². The van der Waals surface area contributed by atoms with Gasteiger partial charge in [0.15, 0.2) is 0 Å². The molecule has 1 heterocycles. The third kappa shape index (κ3) is 4.04. The lowest BCUT2D eigenvalue weighted by atomic mass is 9.72. The fourth-order valence-corrected chi connectivity index (χ4v) is 4.81. The molecule has 0 fully saturated rings. The number of nitrogens with zero attached hydrogens (tertiary/aromatic N) is 1. The molecule has 3 unspecified atom stereocenters. The highest BCUT2D eigenvalue weighted by Crippen LogP contribution is 2.50. The number of Topliss-reactive ketones (excluding diaryl/α,β-unsaturated/α-hetero) is 1. The Balaban J connectivity index is 1.98. The smallest absolute Gasteiger partial charge is 0.224 e. The maximum absolute atomic E-state index is 13.6. The predicted octanol–water partition coefficient (Wildman–Crippen LogP) is 5.88. The highest BCUT2D eigenvalue weighted by atomic mass is 16.5. The van der Waals surface area contributed by atoms with E-state index in [4.69, 9.17) is 4.74 Å². The van der Waals surface area contributed by atoms with Crippen molar-refractivity contribution < 1.29 is 14.3 Å². The van der Waals surface area contributed by atoms with Crippen LogP contribution in [0.1, 0.15) is 59.1 Å². The van der Waals surface area contributed by atoms with Crippen LogP contribution in [0.25, 0.3) is 0 Å². The molecule has 1 aliphatic carbocycles. The van der Waals surface area contributed by atoms with Gasteiger partial charge in [0.05, 0.1) is 29.4 Å². The summed E-state index contributed by atoms with van der Waals surface area (Å²) in [6, 6.07) is 15.1. The summed E-state index contributed by atoms with van der Waals surface area (Å²) >= 11 is 0. The summed E-state index contributed by atoms with van der Waals surface area (Å²) in [7, 11) is 0. The van der Waals surface area contributed by atoms with Crippen molar-refractivity contribution in [2.75, 3.05) is 10.2 Å². The van der Waals surface area contributed by atoms with Gasteiger partial charge in [0.2, 0.25) is 5.91 Å². The van der Waals surface area contributed by atoms with Crippen LogP contribution in [-0.4, -0.2) is 17.8 Å². The van der Waals surface area contributed by atoms with Crippen molar-refractivity contribution in [3.8, 4) is 5.75 Å². The molecule has 0 radical (unpaired) electrons. The third-order valence-electron chi connectivity index (χ3n) is 6.37. The summed E-state index contributed by atoms with van der Waals surface area (Å²) in [5.41, 5.74) is 3.04. The Hall–Kier alpha value is -3.08. The van der Waals surface area contributed by atoms with Crippen molar-refractivity contribution >= 4 is 23.1 Å². The largest absolute Gasteiger partial charge is 0.490 e. The highest BCUT2D eigenvalue weighted by Gasteiger charge is 2.46. The molecule has 1 aliphatic heterocycles. The van der Waals surface area contributed by atoms with Crippen molar-refractivity contribution in [1.82, 2.24) is 0 Å². The molecule has 2 aliphatic rings. The van der Waals surface area contributed by atoms with Crippen LogP contribution < -0.4 is 15.0 Å². The molecule has 0 aromatic heterocycles. The Morgan fingerprint density at radius 2 is 1.88 bits per heavy atom. The summed E-state index contributed by atoms with van der Waals surface area (Å²) in [5, 5.41) is 3.51. The number of amides is 1. The van der Waals surface area contributed by atoms with Crippen molar-refractivity contribution in [1.29, 1.82) is 0 Å². The fraction of sp³-hybridized carbons (Fsp3) is 0.407. The highest BCUT2D eigenvalue weighted by molar-refractivity contribution is 6.00. The molecule has 168 valence electrons. The van der Waals surface area contributed by atoms with Gasteiger partial charge in [-0.2, -0.15) is 0 Å². The minimum absolute atomic E-state index is 0.0223. The van der Waals surface area contributed by atoms with E-state index >= 15 is 0 Å². The van der Waals surface area contributed by atoms with Crippen LogP contribution in [0.3, 0.4) is 0 Å². The molecular weight excluding hydrogens is 400 g/mol. The monoisotopic (exact) mass is 432 g/mol. The zero-order chi connectivity index (χ0) is 23.0. The number of allylic oxidation sites excluding steroid dienone is 1. The topological polar surface area (TPSA) is 58.6 Å². The Bertz CT molecular complexity index is 1070. The SMILES string of the molecule is CCC(C)Oc1ccccc1C1C2C(=O)CC(C)(C)C=C2Nc2ccccc2N1C(C)=O. The zero-order valence-corrected chi connectivity index (χ0v) is 19.5. The fourth-order valence-electron chi connectivity index (χ4n) is 4.81. The van der Waals surface area contributed by atoms with Crippen LogP contribution >= 0.6 is 0 Å². The van der Waals surface area contributed by atoms with Crippen LogP contribution in [0.2, 0.25) is 0 Å². The summed E-state index contributed by atoms with van der Waals surface area (Å²) in [6.45, 7) is 9.82. The van der Waals surface area contributed by atoms with Crippen molar-refractivity contribution in [3.63, 3.8) is 0 Å². The van der Waals surface area contributed by atoms with Gasteiger partial charge in [-0.15, -0.1) is 0 Å². The maximum atomic E-state index is 13.6. The van der Waals surface area contributed by atoms with Gasteiger partial charge in [-0.05, 0) is 37.0 Å². The molecule has 1 amide bonds. The molecule has 3 atom stereocenters. The van der Waals surface area contributed by atoms with E-state index in [0.717, 1.165) is 34.8 Å². The van der Waals surface area contributed by atoms with E-state index in [1.807, 2.05) is 55.5 Å². The second kappa shape index (κ2) is 8.45. The molecule has 4 rings (SSSR count). The number of nitrogens with one attached hydrogen (secondary N) is 1. The second-order valence-corrected chi connectivity index (χ2v) is 9.56. The molecule has 5 heteroatoms. The molecule has 2 aromatic carbocycles. The van der Waals surface area contributed by atoms with Gasteiger partial charge in [-0.25, -0.2) is 0 Å². The van der Waals surface area contributed by atoms with E-state index < -0.39 is 12.0 Å². The van der Waals surface area contributed by atoms with Gasteiger partial charge in [0.1, 0.15) is 11.5 Å². The Labute approximate surface area is 190 Å². The molecule has 1 N–H and O–H groups in total. The lowest BCUT2D eigenvalue weighted by Gasteiger charge is -2.39. The summed E-state index contributed by atoms with van der Waals surface area (Å²) < 4.78 is 6.27. The lowest BCUT2D eigenvalue weighted by Crippen LogP contribution is -2.43. The molecule has 0 saturated carbocycles. The molecular formula is C27H32N2O3. The second-order valence-electron chi connectivity index (χ2n) is 9.56. The number of ether oxygens (including phenoxy) is 1. The minimum atomic E-state index is -0.501. The number of para-hydroxylation sites is 3. The van der Waals surface area contributed by atoms with E-state index in [9.17, 15) is 9.59 Å². The summed E-state index contributed by atoms with van der Waals surface area (Å²) in [4.78, 5) is 28.5. The normalized spacial score (nSPS) is 22.6. The number of benzene rings is 2. The number of anilines is 2. The van der Waals surface area contributed by atoms with Crippen LogP contribution in [0, 0.1) is 11.3 Å². The van der Waals surface area contributed by atoms with E-state index in [1.165, 1.54) is 0 Å². The minimum Gasteiger partial charge on any atom is -0.490 e. The third-order valence-corrected chi connectivity index (χ3v) is 6.37. The van der Waals surface area contributed by atoms with Crippen LogP contribution in [0.15, 0.2) is 60.3 Å². The van der Waals surface area contributed by atoms with Gasteiger partial charge < -0.3 is 15.0 Å². The van der Waals surface area contributed by atoms with Crippen LogP contribution in [0.4, 0.5) is 11.4 Å². The van der Waals surface area contributed by atoms with Crippen molar-refractivity contribution in [3.05, 3.63) is 65.9 Å². The standard InChI is InChI=1S/C27H32N2O3/c1-6-17(2)32-24-14-10-7-11-19(24)26-25-21(15-27(4,5)16-23(25)31)28-20-12-8-9-13-22(20)29(26)18(3)30/h7-15,17,25-26,28H,6,16H2,1-5H3. The van der Waals surface area contributed by atoms with E-state index in [-0.39, 0.29) is 23.2 Å². The molecule has 0 bridgehead atoms. The Kier molecular flexibility index (Phi) is 5.85. The number of carbonyl (C=O) groups excluding carboxylic acids is 2. The number of hydrogen-bond donors (Lipinski definition) is 1. The van der Waals surface area contributed by atoms with E-state index in [2.05, 4.69) is 32.2 Å². The van der Waals surface area contributed by atoms with Crippen LogP contribution in [0.5, 0.6) is 5.75 Å². The first-order valence-electron chi connectivity index (χ1n) is 11.4. The molecule has 0 saturated heterocycles. The van der Waals surface area contributed by atoms with Gasteiger partial charge in [-0.3, -0.25) is 9.59 Å². The van der Waals surface area contributed by atoms with Gasteiger partial charge in [0.25, 0.3) is 0 Å². The Morgan fingerprint density at radius 1 is 1.19 bits per heavy atom. The van der Waals surface area contributed by atoms with E-state index in [1.54, 1.807) is 11.8 Å². The lowest BCUT2D eigenvalue weighted by molar-refractivity contribution is -0.125. The molecule has 2 aromatic rings. The average molecular weight is 433 g/mol. The number of carbonyl (C=O) groups is 2. The van der Waals surface area contributed by atoms with Gasteiger partial charge in [-0.1, -0.05) is 57.2 Å². The number of fused-ring (bicyclic) bond motifs is 2. The van der Waals surface area contributed by atoms with Gasteiger partial charge in [0, 0.05) is 24.6 Å². The molecule has 0 spiro atoms. The van der Waals surface area contributed by atoms with E-state index in [0.29, 0.717) is 6.42 Å². The maximum Gasteiger partial charge on any atom is 0.224 e. The van der Waals surface area contributed by atoms with Gasteiger partial charge >= 0.3 is 0 Å². The summed E-state index contributed by atoms with van der Waals surface area (Å²) in [6.07, 6.45) is 3.47. The van der Waals surface area contributed by atoms with Crippen molar-refractivity contribution in [2.45, 2.75) is 59.6 Å². The number of rotatable bonds is 4. The first-order valence-corrected chi connectivity index (χ1v) is 11.4. The average Bonchev–Trinajstić information content (AvgIpc) is 2.87. The van der Waals surface area contributed by atoms with Crippen LogP contribution in [-0.2, 0) is 9.59 Å².